The van der Waals surface area contributed by atoms with Gasteiger partial charge in [0.1, 0.15) is 5.03 Å². The molecule has 158 valence electrons. The van der Waals surface area contributed by atoms with E-state index in [9.17, 15) is 19.7 Å². The van der Waals surface area contributed by atoms with Crippen molar-refractivity contribution in [2.75, 3.05) is 17.7 Å². The number of rotatable bonds is 8. The first kappa shape index (κ1) is 21.9. The zero-order valence-corrected chi connectivity index (χ0v) is 17.3. The van der Waals surface area contributed by atoms with Crippen LogP contribution in [-0.4, -0.2) is 39.4 Å². The molecule has 1 amide bonds. The SMILES string of the molecule is CCOC(=O)c1ccc(NC(=O)CSc2ccc(-c3cccc([N+](=O)[O-])c3)nn2)cc1. The van der Waals surface area contributed by atoms with Crippen molar-refractivity contribution in [3.8, 4) is 11.3 Å². The maximum Gasteiger partial charge on any atom is 0.338 e. The number of anilines is 1. The number of nitro groups is 1. The molecule has 0 spiro atoms. The Morgan fingerprint density at radius 2 is 1.87 bits per heavy atom. The number of carbonyl (C=O) groups is 2. The van der Waals surface area contributed by atoms with Gasteiger partial charge in [0.05, 0.1) is 28.5 Å². The van der Waals surface area contributed by atoms with E-state index in [0.717, 1.165) is 0 Å². The summed E-state index contributed by atoms with van der Waals surface area (Å²) in [5.74, 6) is -0.536. The summed E-state index contributed by atoms with van der Waals surface area (Å²) in [7, 11) is 0. The van der Waals surface area contributed by atoms with Gasteiger partial charge in [-0.05, 0) is 43.3 Å². The number of esters is 1. The van der Waals surface area contributed by atoms with E-state index in [2.05, 4.69) is 15.5 Å². The minimum Gasteiger partial charge on any atom is -0.462 e. The van der Waals surface area contributed by atoms with Crippen LogP contribution in [-0.2, 0) is 9.53 Å². The molecular formula is C21H18N4O5S. The Kier molecular flexibility index (Phi) is 7.28. The van der Waals surface area contributed by atoms with Crippen LogP contribution in [0.1, 0.15) is 17.3 Å². The first-order valence-corrected chi connectivity index (χ1v) is 10.2. The van der Waals surface area contributed by atoms with Crippen molar-refractivity contribution in [1.29, 1.82) is 0 Å². The lowest BCUT2D eigenvalue weighted by atomic mass is 10.1. The third-order valence-electron chi connectivity index (χ3n) is 4.02. The lowest BCUT2D eigenvalue weighted by molar-refractivity contribution is -0.384. The molecule has 10 heteroatoms. The minimum atomic E-state index is -0.468. The van der Waals surface area contributed by atoms with E-state index in [-0.39, 0.29) is 17.3 Å². The molecule has 0 aliphatic rings. The van der Waals surface area contributed by atoms with Gasteiger partial charge in [0.15, 0.2) is 0 Å². The summed E-state index contributed by atoms with van der Waals surface area (Å²) in [6.45, 7) is 2.03. The van der Waals surface area contributed by atoms with E-state index in [1.165, 1.54) is 23.9 Å². The molecule has 0 fully saturated rings. The van der Waals surface area contributed by atoms with Crippen molar-refractivity contribution in [3.05, 3.63) is 76.3 Å². The molecule has 0 radical (unpaired) electrons. The van der Waals surface area contributed by atoms with E-state index in [0.29, 0.717) is 34.1 Å². The highest BCUT2D eigenvalue weighted by atomic mass is 32.2. The van der Waals surface area contributed by atoms with Crippen LogP contribution in [0.4, 0.5) is 11.4 Å². The van der Waals surface area contributed by atoms with E-state index in [1.807, 2.05) is 0 Å². The number of thioether (sulfide) groups is 1. The molecule has 3 aromatic rings. The first-order valence-electron chi connectivity index (χ1n) is 9.24. The van der Waals surface area contributed by atoms with Crippen molar-refractivity contribution in [2.45, 2.75) is 11.9 Å². The molecule has 3 rings (SSSR count). The van der Waals surface area contributed by atoms with Gasteiger partial charge in [-0.15, -0.1) is 10.2 Å². The predicted molar refractivity (Wildman–Crippen MR) is 116 cm³/mol. The summed E-state index contributed by atoms with van der Waals surface area (Å²) in [5, 5.41) is 22.3. The molecule has 0 saturated heterocycles. The highest BCUT2D eigenvalue weighted by molar-refractivity contribution is 7.99. The fourth-order valence-electron chi connectivity index (χ4n) is 2.57. The van der Waals surface area contributed by atoms with Crippen LogP contribution in [0.3, 0.4) is 0 Å². The Balaban J connectivity index is 1.54. The quantitative estimate of drug-likeness (QED) is 0.242. The van der Waals surface area contributed by atoms with Gasteiger partial charge < -0.3 is 10.1 Å². The van der Waals surface area contributed by atoms with Crippen LogP contribution >= 0.6 is 11.8 Å². The van der Waals surface area contributed by atoms with Gasteiger partial charge >= 0.3 is 5.97 Å². The Morgan fingerprint density at radius 1 is 1.10 bits per heavy atom. The first-order chi connectivity index (χ1) is 15.0. The monoisotopic (exact) mass is 438 g/mol. The van der Waals surface area contributed by atoms with Gasteiger partial charge in [-0.1, -0.05) is 23.9 Å². The second kappa shape index (κ2) is 10.3. The average Bonchev–Trinajstić information content (AvgIpc) is 2.79. The molecule has 0 bridgehead atoms. The number of ether oxygens (including phenoxy) is 1. The molecule has 2 aromatic carbocycles. The summed E-state index contributed by atoms with van der Waals surface area (Å²) in [6.07, 6.45) is 0. The van der Waals surface area contributed by atoms with Crippen LogP contribution < -0.4 is 5.32 Å². The van der Waals surface area contributed by atoms with Gasteiger partial charge in [0.2, 0.25) is 5.91 Å². The number of aromatic nitrogens is 2. The van der Waals surface area contributed by atoms with Crippen LogP contribution in [0.2, 0.25) is 0 Å². The molecule has 31 heavy (non-hydrogen) atoms. The Labute approximate surface area is 182 Å². The molecule has 0 unspecified atom stereocenters. The molecule has 0 atom stereocenters. The van der Waals surface area contributed by atoms with E-state index >= 15 is 0 Å². The normalized spacial score (nSPS) is 10.4. The molecule has 1 N–H and O–H groups in total. The van der Waals surface area contributed by atoms with E-state index in [1.54, 1.807) is 55.5 Å². The van der Waals surface area contributed by atoms with Gasteiger partial charge in [-0.2, -0.15) is 0 Å². The third kappa shape index (κ3) is 6.09. The summed E-state index contributed by atoms with van der Waals surface area (Å²) < 4.78 is 4.92. The fourth-order valence-corrected chi connectivity index (χ4v) is 3.18. The summed E-state index contributed by atoms with van der Waals surface area (Å²) in [6, 6.07) is 15.9. The maximum absolute atomic E-state index is 12.2. The van der Waals surface area contributed by atoms with Crippen LogP contribution in [0.15, 0.2) is 65.7 Å². The summed E-state index contributed by atoms with van der Waals surface area (Å²) in [4.78, 5) is 34.2. The van der Waals surface area contributed by atoms with Crippen molar-refractivity contribution in [2.24, 2.45) is 0 Å². The number of nitrogens with one attached hydrogen (secondary N) is 1. The number of carbonyl (C=O) groups excluding carboxylic acids is 2. The number of nitrogens with zero attached hydrogens (tertiary/aromatic N) is 3. The number of hydrogen-bond donors (Lipinski definition) is 1. The predicted octanol–water partition coefficient (Wildman–Crippen LogP) is 3.96. The van der Waals surface area contributed by atoms with Crippen LogP contribution in [0.5, 0.6) is 0 Å². The molecule has 0 aliphatic heterocycles. The molecule has 0 aliphatic carbocycles. The standard InChI is InChI=1S/C21H18N4O5S/c1-2-30-21(27)14-6-8-16(9-7-14)22-19(26)13-31-20-11-10-18(23-24-20)15-4-3-5-17(12-15)25(28)29/h3-12H,2,13H2,1H3,(H,22,26). The van der Waals surface area contributed by atoms with Crippen molar-refractivity contribution in [3.63, 3.8) is 0 Å². The van der Waals surface area contributed by atoms with Crippen molar-refractivity contribution < 1.29 is 19.2 Å². The van der Waals surface area contributed by atoms with Gasteiger partial charge in [0, 0.05) is 23.4 Å². The number of benzene rings is 2. The average molecular weight is 438 g/mol. The molecule has 0 saturated carbocycles. The third-order valence-corrected chi connectivity index (χ3v) is 4.94. The zero-order chi connectivity index (χ0) is 22.2. The minimum absolute atomic E-state index is 0.0234. The highest BCUT2D eigenvalue weighted by Gasteiger charge is 2.10. The number of amides is 1. The molecule has 1 aromatic heterocycles. The highest BCUT2D eigenvalue weighted by Crippen LogP contribution is 2.23. The number of hydrogen-bond acceptors (Lipinski definition) is 8. The van der Waals surface area contributed by atoms with Gasteiger partial charge in [-0.25, -0.2) is 4.79 Å². The fraction of sp³-hybridized carbons (Fsp3) is 0.143. The number of non-ortho nitro benzene ring substituents is 1. The Bertz CT molecular complexity index is 1090. The zero-order valence-electron chi connectivity index (χ0n) is 16.5. The van der Waals surface area contributed by atoms with Crippen molar-refractivity contribution >= 4 is 35.0 Å². The smallest absolute Gasteiger partial charge is 0.338 e. The second-order valence-corrected chi connectivity index (χ2v) is 7.19. The maximum atomic E-state index is 12.2. The topological polar surface area (TPSA) is 124 Å². The van der Waals surface area contributed by atoms with Crippen molar-refractivity contribution in [1.82, 2.24) is 10.2 Å². The summed E-state index contributed by atoms with van der Waals surface area (Å²) >= 11 is 1.21. The molecule has 9 nitrogen and oxygen atoms in total. The summed E-state index contributed by atoms with van der Waals surface area (Å²) in [5.41, 5.74) is 2.03. The second-order valence-electron chi connectivity index (χ2n) is 6.20. The molecule has 1 heterocycles. The van der Waals surface area contributed by atoms with Gasteiger partial charge in [-0.3, -0.25) is 14.9 Å². The lowest BCUT2D eigenvalue weighted by Crippen LogP contribution is -2.14. The largest absolute Gasteiger partial charge is 0.462 e. The van der Waals surface area contributed by atoms with Gasteiger partial charge in [0.25, 0.3) is 5.69 Å². The molecular weight excluding hydrogens is 420 g/mol. The Morgan fingerprint density at radius 3 is 2.52 bits per heavy atom. The Hall–Kier alpha value is -3.79. The van der Waals surface area contributed by atoms with E-state index in [4.69, 9.17) is 4.74 Å². The van der Waals surface area contributed by atoms with Crippen LogP contribution in [0.25, 0.3) is 11.3 Å². The van der Waals surface area contributed by atoms with E-state index < -0.39 is 10.9 Å². The van der Waals surface area contributed by atoms with Crippen LogP contribution in [0, 0.1) is 10.1 Å². The lowest BCUT2D eigenvalue weighted by Gasteiger charge is -2.06. The number of nitro benzene ring substituents is 1.